The van der Waals surface area contributed by atoms with Crippen LogP contribution in [0.4, 0.5) is 0 Å². The second-order valence-electron chi connectivity index (χ2n) is 3.02. The second kappa shape index (κ2) is 3.35. The van der Waals surface area contributed by atoms with Gasteiger partial charge in [-0.25, -0.2) is 4.79 Å². The highest BCUT2D eigenvalue weighted by atomic mass is 32.1. The molecule has 0 unspecified atom stereocenters. The number of fused-ring (bicyclic) bond motifs is 1. The van der Waals surface area contributed by atoms with Gasteiger partial charge in [-0.3, -0.25) is 0 Å². The third-order valence-electron chi connectivity index (χ3n) is 2.08. The highest BCUT2D eigenvalue weighted by Gasteiger charge is 2.08. The predicted octanol–water partition coefficient (Wildman–Crippen LogP) is 2.83. The maximum absolute atomic E-state index is 10.9. The fraction of sp³-hybridized carbons (Fsp3) is 0. The van der Waals surface area contributed by atoms with Gasteiger partial charge in [0.1, 0.15) is 0 Å². The van der Waals surface area contributed by atoms with E-state index in [0.29, 0.717) is 10.5 Å². The number of aromatic carboxylic acids is 1. The average Bonchev–Trinajstić information content (AvgIpc) is 2.16. The van der Waals surface area contributed by atoms with E-state index in [9.17, 15) is 4.79 Å². The number of benzene rings is 2. The molecule has 2 rings (SSSR count). The number of hydrogen-bond acceptors (Lipinski definition) is 2. The maximum atomic E-state index is 10.9. The van der Waals surface area contributed by atoms with Gasteiger partial charge in [-0.05, 0) is 22.9 Å². The summed E-state index contributed by atoms with van der Waals surface area (Å²) in [5.74, 6) is -0.919. The Hall–Kier alpha value is -1.48. The van der Waals surface area contributed by atoms with Crippen molar-refractivity contribution in [3.05, 3.63) is 42.0 Å². The van der Waals surface area contributed by atoms with Crippen molar-refractivity contribution in [2.24, 2.45) is 0 Å². The van der Waals surface area contributed by atoms with Crippen LogP contribution < -0.4 is 0 Å². The number of carboxylic acids is 1. The van der Waals surface area contributed by atoms with Gasteiger partial charge in [0.2, 0.25) is 0 Å². The summed E-state index contributed by atoms with van der Waals surface area (Å²) in [4.78, 5) is 11.6. The molecular weight excluding hydrogens is 196 g/mol. The molecule has 0 aliphatic heterocycles. The molecule has 3 heteroatoms. The van der Waals surface area contributed by atoms with Crippen molar-refractivity contribution in [3.8, 4) is 0 Å². The van der Waals surface area contributed by atoms with Crippen LogP contribution in [0.3, 0.4) is 0 Å². The molecule has 0 aliphatic rings. The summed E-state index contributed by atoms with van der Waals surface area (Å²) in [6.45, 7) is 0. The van der Waals surface area contributed by atoms with Gasteiger partial charge in [0.05, 0.1) is 5.56 Å². The zero-order chi connectivity index (χ0) is 10.1. The van der Waals surface area contributed by atoms with Crippen LogP contribution in [0, 0.1) is 0 Å². The highest BCUT2D eigenvalue weighted by Crippen LogP contribution is 2.22. The van der Waals surface area contributed by atoms with E-state index in [1.165, 1.54) is 0 Å². The van der Waals surface area contributed by atoms with Crippen molar-refractivity contribution in [2.45, 2.75) is 4.90 Å². The normalized spacial score (nSPS) is 10.4. The highest BCUT2D eigenvalue weighted by molar-refractivity contribution is 7.80. The lowest BCUT2D eigenvalue weighted by Crippen LogP contribution is -1.97. The van der Waals surface area contributed by atoms with Crippen LogP contribution in [0.1, 0.15) is 10.4 Å². The van der Waals surface area contributed by atoms with Crippen molar-refractivity contribution < 1.29 is 9.90 Å². The molecule has 0 amide bonds. The second-order valence-corrected chi connectivity index (χ2v) is 3.54. The Labute approximate surface area is 86.6 Å². The first kappa shape index (κ1) is 9.09. The summed E-state index contributed by atoms with van der Waals surface area (Å²) in [7, 11) is 0. The summed E-state index contributed by atoms with van der Waals surface area (Å²) in [6, 6.07) is 10.8. The quantitative estimate of drug-likeness (QED) is 0.701. The van der Waals surface area contributed by atoms with Crippen molar-refractivity contribution in [2.75, 3.05) is 0 Å². The lowest BCUT2D eigenvalue weighted by atomic mass is 10.0. The lowest BCUT2D eigenvalue weighted by molar-refractivity contribution is 0.0699. The zero-order valence-corrected chi connectivity index (χ0v) is 8.16. The van der Waals surface area contributed by atoms with Crippen molar-refractivity contribution in [1.29, 1.82) is 0 Å². The number of thiol groups is 1. The summed E-state index contributed by atoms with van der Waals surface area (Å²) in [5.41, 5.74) is 0.299. The minimum atomic E-state index is -0.919. The van der Waals surface area contributed by atoms with E-state index in [4.69, 9.17) is 5.11 Å². The van der Waals surface area contributed by atoms with Gasteiger partial charge in [0.15, 0.2) is 0 Å². The number of carbonyl (C=O) groups is 1. The third kappa shape index (κ3) is 1.46. The van der Waals surface area contributed by atoms with Gasteiger partial charge in [-0.2, -0.15) is 0 Å². The molecule has 0 aliphatic carbocycles. The summed E-state index contributed by atoms with van der Waals surface area (Å²) >= 11 is 4.16. The van der Waals surface area contributed by atoms with Crippen molar-refractivity contribution >= 4 is 29.4 Å². The Kier molecular flexibility index (Phi) is 2.17. The molecule has 0 fully saturated rings. The summed E-state index contributed by atoms with van der Waals surface area (Å²) in [5, 5.41) is 10.6. The molecule has 0 bridgehead atoms. The monoisotopic (exact) mass is 204 g/mol. The van der Waals surface area contributed by atoms with E-state index in [1.54, 1.807) is 12.1 Å². The van der Waals surface area contributed by atoms with Gasteiger partial charge >= 0.3 is 5.97 Å². The van der Waals surface area contributed by atoms with Crippen LogP contribution >= 0.6 is 12.6 Å². The van der Waals surface area contributed by atoms with Crippen LogP contribution in [-0.2, 0) is 0 Å². The molecule has 0 saturated carbocycles. The molecular formula is C11H8O2S. The molecule has 1 N–H and O–H groups in total. The van der Waals surface area contributed by atoms with Gasteiger partial charge in [-0.1, -0.05) is 24.3 Å². The zero-order valence-electron chi connectivity index (χ0n) is 7.27. The standard InChI is InChI=1S/C11H8O2S/c12-11(13)10-6-8(14)5-7-3-1-2-4-9(7)10/h1-6,14H,(H,12,13). The van der Waals surface area contributed by atoms with E-state index < -0.39 is 5.97 Å². The first-order chi connectivity index (χ1) is 6.68. The minimum absolute atomic E-state index is 0.299. The SMILES string of the molecule is O=C(O)c1cc(S)cc2ccccc12. The smallest absolute Gasteiger partial charge is 0.336 e. The molecule has 0 radical (unpaired) electrons. The molecule has 2 aromatic carbocycles. The van der Waals surface area contributed by atoms with Crippen LogP contribution in [-0.4, -0.2) is 11.1 Å². The number of rotatable bonds is 1. The topological polar surface area (TPSA) is 37.3 Å². The van der Waals surface area contributed by atoms with Crippen molar-refractivity contribution in [1.82, 2.24) is 0 Å². The Morgan fingerprint density at radius 2 is 1.93 bits per heavy atom. The molecule has 0 heterocycles. The fourth-order valence-electron chi connectivity index (χ4n) is 1.47. The Balaban J connectivity index is 2.87. The fourth-order valence-corrected chi connectivity index (χ4v) is 1.74. The number of hydrogen-bond donors (Lipinski definition) is 2. The summed E-state index contributed by atoms with van der Waals surface area (Å²) in [6.07, 6.45) is 0. The van der Waals surface area contributed by atoms with E-state index in [2.05, 4.69) is 12.6 Å². The molecule has 14 heavy (non-hydrogen) atoms. The van der Waals surface area contributed by atoms with Crippen LogP contribution in [0.15, 0.2) is 41.3 Å². The van der Waals surface area contributed by atoms with Gasteiger partial charge in [-0.15, -0.1) is 12.6 Å². The minimum Gasteiger partial charge on any atom is -0.478 e. The van der Waals surface area contributed by atoms with E-state index >= 15 is 0 Å². The lowest BCUT2D eigenvalue weighted by Gasteiger charge is -2.03. The Bertz CT molecular complexity index is 506. The van der Waals surface area contributed by atoms with Crippen molar-refractivity contribution in [3.63, 3.8) is 0 Å². The molecule has 2 nitrogen and oxygen atoms in total. The first-order valence-corrected chi connectivity index (χ1v) is 4.58. The van der Waals surface area contributed by atoms with E-state index in [-0.39, 0.29) is 0 Å². The number of carboxylic acid groups (broad SMARTS) is 1. The van der Waals surface area contributed by atoms with E-state index in [0.717, 1.165) is 10.8 Å². The van der Waals surface area contributed by atoms with E-state index in [1.807, 2.05) is 24.3 Å². The van der Waals surface area contributed by atoms with Crippen LogP contribution in [0.5, 0.6) is 0 Å². The Morgan fingerprint density at radius 3 is 2.64 bits per heavy atom. The third-order valence-corrected chi connectivity index (χ3v) is 2.34. The van der Waals surface area contributed by atoms with Gasteiger partial charge in [0, 0.05) is 4.90 Å². The maximum Gasteiger partial charge on any atom is 0.336 e. The largest absolute Gasteiger partial charge is 0.478 e. The Morgan fingerprint density at radius 1 is 1.21 bits per heavy atom. The molecule has 0 saturated heterocycles. The first-order valence-electron chi connectivity index (χ1n) is 4.13. The van der Waals surface area contributed by atoms with Gasteiger partial charge in [0.25, 0.3) is 0 Å². The molecule has 0 atom stereocenters. The van der Waals surface area contributed by atoms with Gasteiger partial charge < -0.3 is 5.11 Å². The summed E-state index contributed by atoms with van der Waals surface area (Å²) < 4.78 is 0. The molecule has 70 valence electrons. The molecule has 2 aromatic rings. The molecule has 0 aromatic heterocycles. The van der Waals surface area contributed by atoms with Crippen LogP contribution in [0.25, 0.3) is 10.8 Å². The molecule has 0 spiro atoms. The van der Waals surface area contributed by atoms with Crippen LogP contribution in [0.2, 0.25) is 0 Å². The predicted molar refractivity (Wildman–Crippen MR) is 58.2 cm³/mol. The average molecular weight is 204 g/mol.